The molecule has 3 rings (SSSR count). The Bertz CT molecular complexity index is 572. The lowest BCUT2D eigenvalue weighted by Crippen LogP contribution is -2.50. The Morgan fingerprint density at radius 1 is 1.42 bits per heavy atom. The summed E-state index contributed by atoms with van der Waals surface area (Å²) in [7, 11) is 0. The maximum absolute atomic E-state index is 5.91. The molecule has 0 spiro atoms. The highest BCUT2D eigenvalue weighted by Crippen LogP contribution is 2.17. The van der Waals surface area contributed by atoms with Crippen molar-refractivity contribution >= 4 is 16.9 Å². The molecule has 1 aliphatic heterocycles. The number of rotatable bonds is 2. The number of nitrogens with zero attached hydrogens (tertiary/aromatic N) is 3. The molecule has 2 heterocycles. The third-order valence-corrected chi connectivity index (χ3v) is 3.44. The van der Waals surface area contributed by atoms with Crippen LogP contribution in [0.1, 0.15) is 6.92 Å². The first-order valence-electron chi connectivity index (χ1n) is 6.58. The molecule has 1 aromatic heterocycles. The van der Waals surface area contributed by atoms with E-state index in [4.69, 9.17) is 10.5 Å². The van der Waals surface area contributed by atoms with E-state index in [9.17, 15) is 0 Å². The van der Waals surface area contributed by atoms with Crippen LogP contribution in [0.4, 0.5) is 5.95 Å². The van der Waals surface area contributed by atoms with Gasteiger partial charge in [-0.2, -0.15) is 0 Å². The number of benzene rings is 1. The molecule has 0 bridgehead atoms. The van der Waals surface area contributed by atoms with Crippen molar-refractivity contribution in [1.29, 1.82) is 0 Å². The van der Waals surface area contributed by atoms with Gasteiger partial charge in [0.15, 0.2) is 0 Å². The molecule has 0 aliphatic carbocycles. The first kappa shape index (κ1) is 12.3. The number of aromatic nitrogens is 2. The van der Waals surface area contributed by atoms with Gasteiger partial charge >= 0.3 is 0 Å². The van der Waals surface area contributed by atoms with E-state index in [0.29, 0.717) is 6.61 Å². The summed E-state index contributed by atoms with van der Waals surface area (Å²) in [5.74, 6) is 0.757. The second-order valence-electron chi connectivity index (χ2n) is 4.94. The summed E-state index contributed by atoms with van der Waals surface area (Å²) >= 11 is 0. The summed E-state index contributed by atoms with van der Waals surface area (Å²) in [6, 6.07) is 8.02. The number of nitrogens with two attached hydrogens (primary N) is 1. The van der Waals surface area contributed by atoms with Crippen LogP contribution in [0.15, 0.2) is 30.5 Å². The molecule has 1 fully saturated rings. The average molecular weight is 258 g/mol. The van der Waals surface area contributed by atoms with E-state index in [1.807, 2.05) is 37.4 Å². The van der Waals surface area contributed by atoms with Crippen molar-refractivity contribution < 1.29 is 4.74 Å². The number of anilines is 1. The molecule has 0 radical (unpaired) electrons. The van der Waals surface area contributed by atoms with Gasteiger partial charge in [0, 0.05) is 30.7 Å². The van der Waals surface area contributed by atoms with Crippen LogP contribution in [0.5, 0.6) is 0 Å². The minimum Gasteiger partial charge on any atom is -0.373 e. The summed E-state index contributed by atoms with van der Waals surface area (Å²) in [6.45, 7) is 4.19. The van der Waals surface area contributed by atoms with Gasteiger partial charge in [-0.15, -0.1) is 0 Å². The van der Waals surface area contributed by atoms with E-state index in [1.54, 1.807) is 0 Å². The van der Waals surface area contributed by atoms with Crippen molar-refractivity contribution in [3.8, 4) is 0 Å². The number of para-hydroxylation sites is 1. The van der Waals surface area contributed by atoms with Crippen LogP contribution in [-0.2, 0) is 4.74 Å². The van der Waals surface area contributed by atoms with Gasteiger partial charge in [0.1, 0.15) is 0 Å². The van der Waals surface area contributed by atoms with E-state index in [2.05, 4.69) is 14.9 Å². The lowest BCUT2D eigenvalue weighted by molar-refractivity contribution is 0.0271. The fraction of sp³-hybridized carbons (Fsp3) is 0.429. The van der Waals surface area contributed by atoms with Gasteiger partial charge in [0.2, 0.25) is 5.95 Å². The van der Waals surface area contributed by atoms with Crippen molar-refractivity contribution in [2.45, 2.75) is 19.1 Å². The van der Waals surface area contributed by atoms with Crippen molar-refractivity contribution in [2.75, 3.05) is 24.6 Å². The van der Waals surface area contributed by atoms with Crippen LogP contribution in [0, 0.1) is 0 Å². The maximum Gasteiger partial charge on any atom is 0.226 e. The standard InChI is InChI=1S/C14H18N4O/c1-10(15)13-9-18(6-7-19-13)14-16-8-11-4-2-3-5-12(11)17-14/h2-5,8,10,13H,6-7,9,15H2,1H3. The molecule has 2 unspecified atom stereocenters. The highest BCUT2D eigenvalue weighted by Gasteiger charge is 2.24. The zero-order valence-corrected chi connectivity index (χ0v) is 11.0. The molecule has 5 heteroatoms. The van der Waals surface area contributed by atoms with Crippen molar-refractivity contribution in [3.05, 3.63) is 30.5 Å². The molecule has 100 valence electrons. The first-order valence-corrected chi connectivity index (χ1v) is 6.58. The lowest BCUT2D eigenvalue weighted by atomic mass is 10.1. The smallest absolute Gasteiger partial charge is 0.226 e. The molecule has 1 aromatic carbocycles. The van der Waals surface area contributed by atoms with E-state index >= 15 is 0 Å². The predicted octanol–water partition coefficient (Wildman–Crippen LogP) is 1.18. The fourth-order valence-corrected chi connectivity index (χ4v) is 2.29. The topological polar surface area (TPSA) is 64.3 Å². The zero-order chi connectivity index (χ0) is 13.2. The Hall–Kier alpha value is -1.72. The summed E-state index contributed by atoms with van der Waals surface area (Å²) in [5.41, 5.74) is 6.87. The third kappa shape index (κ3) is 2.52. The molecule has 0 amide bonds. The molecule has 2 N–H and O–H groups in total. The quantitative estimate of drug-likeness (QED) is 0.876. The highest BCUT2D eigenvalue weighted by atomic mass is 16.5. The van der Waals surface area contributed by atoms with Crippen molar-refractivity contribution in [3.63, 3.8) is 0 Å². The molecule has 2 atom stereocenters. The van der Waals surface area contributed by atoms with E-state index < -0.39 is 0 Å². The Morgan fingerprint density at radius 3 is 3.11 bits per heavy atom. The monoisotopic (exact) mass is 258 g/mol. The van der Waals surface area contributed by atoms with Crippen LogP contribution in [0.25, 0.3) is 10.9 Å². The Kier molecular flexibility index (Phi) is 3.31. The van der Waals surface area contributed by atoms with Crippen LogP contribution >= 0.6 is 0 Å². The Balaban J connectivity index is 1.87. The second kappa shape index (κ2) is 5.11. The van der Waals surface area contributed by atoms with E-state index in [0.717, 1.165) is 29.9 Å². The third-order valence-electron chi connectivity index (χ3n) is 3.44. The van der Waals surface area contributed by atoms with Crippen LogP contribution in [0.2, 0.25) is 0 Å². The zero-order valence-electron chi connectivity index (χ0n) is 11.0. The Morgan fingerprint density at radius 2 is 2.26 bits per heavy atom. The van der Waals surface area contributed by atoms with Crippen molar-refractivity contribution in [1.82, 2.24) is 9.97 Å². The average Bonchev–Trinajstić information content (AvgIpc) is 2.47. The number of hydrogen-bond acceptors (Lipinski definition) is 5. The summed E-state index contributed by atoms with van der Waals surface area (Å²) < 4.78 is 5.66. The number of hydrogen-bond donors (Lipinski definition) is 1. The van der Waals surface area contributed by atoms with Crippen LogP contribution in [0.3, 0.4) is 0 Å². The molecule has 2 aromatic rings. The van der Waals surface area contributed by atoms with Crippen molar-refractivity contribution in [2.24, 2.45) is 5.73 Å². The predicted molar refractivity (Wildman–Crippen MR) is 75.1 cm³/mol. The highest BCUT2D eigenvalue weighted by molar-refractivity contribution is 5.78. The summed E-state index contributed by atoms with van der Waals surface area (Å²) in [5, 5.41) is 1.06. The molecule has 1 saturated heterocycles. The minimum atomic E-state index is 0.0169. The fourth-order valence-electron chi connectivity index (χ4n) is 2.29. The van der Waals surface area contributed by atoms with Gasteiger partial charge in [-0.25, -0.2) is 9.97 Å². The number of morpholine rings is 1. The molecular weight excluding hydrogens is 240 g/mol. The molecular formula is C14H18N4O. The molecule has 1 aliphatic rings. The van der Waals surface area contributed by atoms with Gasteiger partial charge in [-0.1, -0.05) is 18.2 Å². The van der Waals surface area contributed by atoms with Gasteiger partial charge < -0.3 is 15.4 Å². The van der Waals surface area contributed by atoms with E-state index in [1.165, 1.54) is 0 Å². The maximum atomic E-state index is 5.91. The second-order valence-corrected chi connectivity index (χ2v) is 4.94. The van der Waals surface area contributed by atoms with Crippen LogP contribution < -0.4 is 10.6 Å². The lowest BCUT2D eigenvalue weighted by Gasteiger charge is -2.34. The van der Waals surface area contributed by atoms with Gasteiger partial charge in [0.25, 0.3) is 0 Å². The van der Waals surface area contributed by atoms with Crippen LogP contribution in [-0.4, -0.2) is 41.8 Å². The SMILES string of the molecule is CC(N)C1CN(c2ncc3ccccc3n2)CCO1. The molecule has 5 nitrogen and oxygen atoms in total. The number of ether oxygens (including phenoxy) is 1. The Labute approximate surface area is 112 Å². The van der Waals surface area contributed by atoms with E-state index in [-0.39, 0.29) is 12.1 Å². The summed E-state index contributed by atoms with van der Waals surface area (Å²) in [4.78, 5) is 11.2. The first-order chi connectivity index (χ1) is 9.24. The summed E-state index contributed by atoms with van der Waals surface area (Å²) in [6.07, 6.45) is 1.91. The van der Waals surface area contributed by atoms with Gasteiger partial charge in [-0.05, 0) is 13.0 Å². The molecule has 0 saturated carbocycles. The van der Waals surface area contributed by atoms with Gasteiger partial charge in [0.05, 0.1) is 18.2 Å². The largest absolute Gasteiger partial charge is 0.373 e. The normalized spacial score (nSPS) is 21.6. The molecule has 19 heavy (non-hydrogen) atoms. The minimum absolute atomic E-state index is 0.0169. The van der Waals surface area contributed by atoms with Gasteiger partial charge in [-0.3, -0.25) is 0 Å². The number of fused-ring (bicyclic) bond motifs is 1.